The molecular formula is C19H22N2O3. The fraction of sp³-hybridized carbons (Fsp3) is 0.368. The van der Waals surface area contributed by atoms with Crippen LogP contribution in [0.2, 0.25) is 0 Å². The average Bonchev–Trinajstić information content (AvgIpc) is 2.64. The van der Waals surface area contributed by atoms with Crippen molar-refractivity contribution < 1.29 is 14.2 Å². The van der Waals surface area contributed by atoms with Crippen molar-refractivity contribution in [2.75, 3.05) is 20.8 Å². The Morgan fingerprint density at radius 1 is 1.08 bits per heavy atom. The van der Waals surface area contributed by atoms with Crippen LogP contribution >= 0.6 is 0 Å². The lowest BCUT2D eigenvalue weighted by atomic mass is 9.95. The number of methoxy groups -OCH3 is 2. The van der Waals surface area contributed by atoms with Crippen LogP contribution in [0.5, 0.6) is 5.75 Å². The van der Waals surface area contributed by atoms with Crippen molar-refractivity contribution in [1.82, 2.24) is 4.98 Å². The predicted molar refractivity (Wildman–Crippen MR) is 90.5 cm³/mol. The summed E-state index contributed by atoms with van der Waals surface area (Å²) in [5, 5.41) is 9.42. The first-order valence-electron chi connectivity index (χ1n) is 7.86. The Hall–Kier alpha value is -2.42. The highest BCUT2D eigenvalue weighted by Gasteiger charge is 2.13. The van der Waals surface area contributed by atoms with Crippen molar-refractivity contribution in [3.8, 4) is 11.8 Å². The quantitative estimate of drug-likeness (QED) is 0.517. The molecule has 2 aromatic rings. The first-order chi connectivity index (χ1) is 11.8. The van der Waals surface area contributed by atoms with Crippen molar-refractivity contribution in [3.05, 3.63) is 59.9 Å². The Labute approximate surface area is 142 Å². The Balaban J connectivity index is 1.86. The molecule has 0 fully saturated rings. The summed E-state index contributed by atoms with van der Waals surface area (Å²) in [6.07, 6.45) is 4.55. The van der Waals surface area contributed by atoms with Gasteiger partial charge in [-0.1, -0.05) is 24.3 Å². The highest BCUT2D eigenvalue weighted by Crippen LogP contribution is 2.24. The normalized spacial score (nSPS) is 11.9. The van der Waals surface area contributed by atoms with Crippen LogP contribution in [0.25, 0.3) is 0 Å². The smallest absolute Gasteiger partial charge is 0.183 e. The average molecular weight is 326 g/mol. The van der Waals surface area contributed by atoms with Gasteiger partial charge in [-0.25, -0.2) is 0 Å². The van der Waals surface area contributed by atoms with Gasteiger partial charge in [0.05, 0.1) is 24.8 Å². The summed E-state index contributed by atoms with van der Waals surface area (Å²) in [5.74, 6) is 0.598. The van der Waals surface area contributed by atoms with Crippen LogP contribution in [-0.4, -0.2) is 25.8 Å². The molecule has 0 spiro atoms. The zero-order chi connectivity index (χ0) is 17.2. The van der Waals surface area contributed by atoms with E-state index in [-0.39, 0.29) is 12.2 Å². The molecule has 0 aliphatic carbocycles. The van der Waals surface area contributed by atoms with Gasteiger partial charge in [0.2, 0.25) is 0 Å². The highest BCUT2D eigenvalue weighted by atomic mass is 16.7. The zero-order valence-electron chi connectivity index (χ0n) is 14.0. The molecule has 24 heavy (non-hydrogen) atoms. The molecule has 0 amide bonds. The summed E-state index contributed by atoms with van der Waals surface area (Å²) in [5.41, 5.74) is 1.92. The summed E-state index contributed by atoms with van der Waals surface area (Å²) in [6.45, 7) is 0.567. The summed E-state index contributed by atoms with van der Waals surface area (Å²) in [7, 11) is 3.20. The fourth-order valence-corrected chi connectivity index (χ4v) is 2.47. The second-order valence-corrected chi connectivity index (χ2v) is 5.33. The number of aromatic nitrogens is 1. The van der Waals surface area contributed by atoms with Crippen molar-refractivity contribution in [3.63, 3.8) is 0 Å². The van der Waals surface area contributed by atoms with E-state index in [1.807, 2.05) is 36.4 Å². The van der Waals surface area contributed by atoms with Gasteiger partial charge in [-0.2, -0.15) is 5.26 Å². The van der Waals surface area contributed by atoms with E-state index in [4.69, 9.17) is 14.2 Å². The Morgan fingerprint density at radius 2 is 1.79 bits per heavy atom. The maximum atomic E-state index is 9.42. The summed E-state index contributed by atoms with van der Waals surface area (Å²) in [4.78, 5) is 4.00. The van der Waals surface area contributed by atoms with Crippen LogP contribution in [0, 0.1) is 11.3 Å². The van der Waals surface area contributed by atoms with Crippen LogP contribution < -0.4 is 4.74 Å². The van der Waals surface area contributed by atoms with E-state index in [0.29, 0.717) is 6.61 Å². The minimum atomic E-state index is -0.382. The van der Waals surface area contributed by atoms with E-state index in [2.05, 4.69) is 11.1 Å². The molecule has 0 saturated heterocycles. The van der Waals surface area contributed by atoms with Gasteiger partial charge in [0, 0.05) is 26.0 Å². The number of pyridine rings is 1. The van der Waals surface area contributed by atoms with E-state index in [1.54, 1.807) is 26.6 Å². The maximum absolute atomic E-state index is 9.42. The number of ether oxygens (including phenoxy) is 3. The number of nitriles is 1. The SMILES string of the molecule is COC(OC)c1ccc(C(C#N)CCCOc2cccnc2)cc1. The monoisotopic (exact) mass is 326 g/mol. The highest BCUT2D eigenvalue weighted by molar-refractivity contribution is 5.29. The van der Waals surface area contributed by atoms with E-state index >= 15 is 0 Å². The standard InChI is InChI=1S/C19H22N2O3/c1-22-19(23-2)16-9-7-15(8-10-16)17(13-20)5-4-12-24-18-6-3-11-21-14-18/h3,6-11,14,17,19H,4-5,12H2,1-2H3. The molecule has 1 atom stereocenters. The number of nitrogens with zero attached hydrogens (tertiary/aromatic N) is 2. The Bertz CT molecular complexity index is 634. The lowest BCUT2D eigenvalue weighted by Crippen LogP contribution is -2.05. The van der Waals surface area contributed by atoms with Gasteiger partial charge in [-0.15, -0.1) is 0 Å². The molecule has 0 bridgehead atoms. The van der Waals surface area contributed by atoms with Crippen LogP contribution in [0.1, 0.15) is 36.2 Å². The molecule has 0 radical (unpaired) electrons. The largest absolute Gasteiger partial charge is 0.492 e. The number of hydrogen-bond donors (Lipinski definition) is 0. The second kappa shape index (κ2) is 9.66. The van der Waals surface area contributed by atoms with E-state index in [0.717, 1.165) is 29.7 Å². The third kappa shape index (κ3) is 5.05. The summed E-state index contributed by atoms with van der Waals surface area (Å²) in [6, 6.07) is 13.8. The van der Waals surface area contributed by atoms with E-state index in [9.17, 15) is 5.26 Å². The van der Waals surface area contributed by atoms with Crippen LogP contribution in [-0.2, 0) is 9.47 Å². The number of rotatable bonds is 9. The first kappa shape index (κ1) is 17.9. The molecule has 5 nitrogen and oxygen atoms in total. The Morgan fingerprint density at radius 3 is 2.38 bits per heavy atom. The van der Waals surface area contributed by atoms with Gasteiger partial charge in [0.15, 0.2) is 6.29 Å². The molecule has 5 heteroatoms. The van der Waals surface area contributed by atoms with Gasteiger partial charge in [-0.3, -0.25) is 4.98 Å². The molecular weight excluding hydrogens is 304 g/mol. The topological polar surface area (TPSA) is 64.4 Å². The van der Waals surface area contributed by atoms with Crippen LogP contribution in [0.15, 0.2) is 48.8 Å². The van der Waals surface area contributed by atoms with Gasteiger partial charge in [0.1, 0.15) is 5.75 Å². The summed E-state index contributed by atoms with van der Waals surface area (Å²) < 4.78 is 16.1. The number of hydrogen-bond acceptors (Lipinski definition) is 5. The van der Waals surface area contributed by atoms with Crippen molar-refractivity contribution in [2.45, 2.75) is 25.0 Å². The minimum Gasteiger partial charge on any atom is -0.492 e. The van der Waals surface area contributed by atoms with Crippen molar-refractivity contribution in [2.24, 2.45) is 0 Å². The van der Waals surface area contributed by atoms with Crippen LogP contribution in [0.3, 0.4) is 0 Å². The molecule has 0 N–H and O–H groups in total. The predicted octanol–water partition coefficient (Wildman–Crippen LogP) is 3.84. The fourth-order valence-electron chi connectivity index (χ4n) is 2.47. The lowest BCUT2D eigenvalue weighted by Gasteiger charge is -2.15. The maximum Gasteiger partial charge on any atom is 0.183 e. The molecule has 1 aromatic carbocycles. The second-order valence-electron chi connectivity index (χ2n) is 5.33. The first-order valence-corrected chi connectivity index (χ1v) is 7.86. The van der Waals surface area contributed by atoms with E-state index in [1.165, 1.54) is 0 Å². The Kier molecular flexibility index (Phi) is 7.21. The molecule has 1 heterocycles. The molecule has 0 aliphatic rings. The minimum absolute atomic E-state index is 0.153. The molecule has 0 saturated carbocycles. The van der Waals surface area contributed by atoms with Crippen molar-refractivity contribution in [1.29, 1.82) is 5.26 Å². The van der Waals surface area contributed by atoms with E-state index < -0.39 is 0 Å². The van der Waals surface area contributed by atoms with Gasteiger partial charge in [0.25, 0.3) is 0 Å². The van der Waals surface area contributed by atoms with Crippen LogP contribution in [0.4, 0.5) is 0 Å². The van der Waals surface area contributed by atoms with Gasteiger partial charge in [-0.05, 0) is 30.5 Å². The lowest BCUT2D eigenvalue weighted by molar-refractivity contribution is -0.106. The van der Waals surface area contributed by atoms with Crippen molar-refractivity contribution >= 4 is 0 Å². The van der Waals surface area contributed by atoms with Gasteiger partial charge >= 0.3 is 0 Å². The molecule has 0 aliphatic heterocycles. The third-order valence-corrected chi connectivity index (χ3v) is 3.74. The molecule has 1 unspecified atom stereocenters. The summed E-state index contributed by atoms with van der Waals surface area (Å²) >= 11 is 0. The third-order valence-electron chi connectivity index (χ3n) is 3.74. The number of benzene rings is 1. The molecule has 2 rings (SSSR count). The van der Waals surface area contributed by atoms with Gasteiger partial charge < -0.3 is 14.2 Å². The zero-order valence-corrected chi connectivity index (χ0v) is 14.0. The molecule has 1 aromatic heterocycles. The molecule has 126 valence electrons.